The third-order valence-corrected chi connectivity index (χ3v) is 7.76. The molecule has 166 valence electrons. The van der Waals surface area contributed by atoms with Gasteiger partial charge in [-0.2, -0.15) is 4.31 Å². The standard InChI is InChI=1S/C23H29N3O4S/c1-24(18-19-7-9-21(10-8-19)25-13-15-30-16-14-25)23(27)20-5-4-6-22(17-20)31(28,29)26-11-2-3-12-26/h4-10,17H,2-3,11-16,18H2,1H3. The van der Waals surface area contributed by atoms with Crippen molar-refractivity contribution in [2.75, 3.05) is 51.3 Å². The molecule has 2 aliphatic rings. The van der Waals surface area contributed by atoms with Crippen LogP contribution >= 0.6 is 0 Å². The van der Waals surface area contributed by atoms with Crippen LogP contribution in [0.2, 0.25) is 0 Å². The summed E-state index contributed by atoms with van der Waals surface area (Å²) in [6.45, 7) is 4.78. The van der Waals surface area contributed by atoms with Crippen LogP contribution in [0.5, 0.6) is 0 Å². The van der Waals surface area contributed by atoms with E-state index in [0.29, 0.717) is 25.2 Å². The molecule has 7 nitrogen and oxygen atoms in total. The molecule has 0 unspecified atom stereocenters. The molecule has 0 bridgehead atoms. The van der Waals surface area contributed by atoms with Crippen LogP contribution in [0.15, 0.2) is 53.4 Å². The summed E-state index contributed by atoms with van der Waals surface area (Å²) >= 11 is 0. The zero-order valence-corrected chi connectivity index (χ0v) is 18.7. The molecule has 8 heteroatoms. The maximum absolute atomic E-state index is 13.0. The molecule has 4 rings (SSSR count). The third-order valence-electron chi connectivity index (χ3n) is 5.86. The molecule has 0 saturated carbocycles. The maximum atomic E-state index is 13.0. The van der Waals surface area contributed by atoms with Crippen LogP contribution < -0.4 is 4.90 Å². The lowest BCUT2D eigenvalue weighted by molar-refractivity contribution is 0.0785. The molecule has 31 heavy (non-hydrogen) atoms. The number of amides is 1. The Morgan fingerprint density at radius 2 is 1.68 bits per heavy atom. The van der Waals surface area contributed by atoms with Gasteiger partial charge in [0, 0.05) is 51.0 Å². The molecule has 1 amide bonds. The van der Waals surface area contributed by atoms with Gasteiger partial charge in [0.15, 0.2) is 0 Å². The monoisotopic (exact) mass is 443 g/mol. The van der Waals surface area contributed by atoms with Gasteiger partial charge in [0.2, 0.25) is 10.0 Å². The second-order valence-electron chi connectivity index (χ2n) is 8.07. The number of anilines is 1. The van der Waals surface area contributed by atoms with E-state index in [1.54, 1.807) is 30.1 Å². The number of morpholine rings is 1. The van der Waals surface area contributed by atoms with Gasteiger partial charge in [0.1, 0.15) is 0 Å². The molecule has 2 aromatic carbocycles. The summed E-state index contributed by atoms with van der Waals surface area (Å²) in [4.78, 5) is 17.0. The maximum Gasteiger partial charge on any atom is 0.253 e. The van der Waals surface area contributed by atoms with Crippen LogP contribution in [-0.2, 0) is 21.3 Å². The number of nitrogens with zero attached hydrogens (tertiary/aromatic N) is 3. The highest BCUT2D eigenvalue weighted by Gasteiger charge is 2.28. The fourth-order valence-corrected chi connectivity index (χ4v) is 5.63. The number of hydrogen-bond acceptors (Lipinski definition) is 5. The highest BCUT2D eigenvalue weighted by Crippen LogP contribution is 2.22. The number of carbonyl (C=O) groups is 1. The number of benzene rings is 2. The van der Waals surface area contributed by atoms with Gasteiger partial charge in [-0.1, -0.05) is 18.2 Å². The van der Waals surface area contributed by atoms with Crippen molar-refractivity contribution in [2.45, 2.75) is 24.3 Å². The van der Waals surface area contributed by atoms with Crippen molar-refractivity contribution in [3.63, 3.8) is 0 Å². The second kappa shape index (κ2) is 9.38. The first-order chi connectivity index (χ1) is 14.9. The third kappa shape index (κ3) is 4.92. The van der Waals surface area contributed by atoms with Gasteiger partial charge in [0.05, 0.1) is 18.1 Å². The Morgan fingerprint density at radius 3 is 2.35 bits per heavy atom. The van der Waals surface area contributed by atoms with E-state index in [9.17, 15) is 13.2 Å². The molecule has 2 aromatic rings. The van der Waals surface area contributed by atoms with E-state index in [1.165, 1.54) is 10.4 Å². The van der Waals surface area contributed by atoms with Gasteiger partial charge in [-0.3, -0.25) is 4.79 Å². The van der Waals surface area contributed by atoms with Gasteiger partial charge in [-0.25, -0.2) is 8.42 Å². The average Bonchev–Trinajstić information content (AvgIpc) is 3.36. The highest BCUT2D eigenvalue weighted by molar-refractivity contribution is 7.89. The number of carbonyl (C=O) groups excluding carboxylic acids is 1. The topological polar surface area (TPSA) is 70.2 Å². The van der Waals surface area contributed by atoms with E-state index < -0.39 is 10.0 Å². The van der Waals surface area contributed by atoms with E-state index in [1.807, 2.05) is 12.1 Å². The molecule has 0 spiro atoms. The van der Waals surface area contributed by atoms with Crippen molar-refractivity contribution in [3.05, 3.63) is 59.7 Å². The van der Waals surface area contributed by atoms with E-state index >= 15 is 0 Å². The van der Waals surface area contributed by atoms with Crippen molar-refractivity contribution < 1.29 is 17.9 Å². The van der Waals surface area contributed by atoms with Crippen molar-refractivity contribution >= 4 is 21.6 Å². The predicted octanol–water partition coefficient (Wildman–Crippen LogP) is 2.58. The van der Waals surface area contributed by atoms with Crippen molar-refractivity contribution in [3.8, 4) is 0 Å². The smallest absolute Gasteiger partial charge is 0.253 e. The zero-order chi connectivity index (χ0) is 21.8. The normalized spacial score (nSPS) is 17.6. The highest BCUT2D eigenvalue weighted by atomic mass is 32.2. The Balaban J connectivity index is 1.43. The first-order valence-corrected chi connectivity index (χ1v) is 12.2. The van der Waals surface area contributed by atoms with Gasteiger partial charge in [0.25, 0.3) is 5.91 Å². The summed E-state index contributed by atoms with van der Waals surface area (Å²) in [5, 5.41) is 0. The molecule has 2 fully saturated rings. The first kappa shape index (κ1) is 21.8. The molecule has 0 aromatic heterocycles. The van der Waals surface area contributed by atoms with Crippen molar-refractivity contribution in [1.82, 2.24) is 9.21 Å². The van der Waals surface area contributed by atoms with E-state index in [2.05, 4.69) is 17.0 Å². The Morgan fingerprint density at radius 1 is 1.00 bits per heavy atom. The van der Waals surface area contributed by atoms with Crippen molar-refractivity contribution in [2.24, 2.45) is 0 Å². The number of rotatable bonds is 6. The number of sulfonamides is 1. The molecular weight excluding hydrogens is 414 g/mol. The fraction of sp³-hybridized carbons (Fsp3) is 0.435. The average molecular weight is 444 g/mol. The second-order valence-corrected chi connectivity index (χ2v) is 10.0. The summed E-state index contributed by atoms with van der Waals surface area (Å²) < 4.78 is 32.5. The molecule has 0 aliphatic carbocycles. The molecule has 0 radical (unpaired) electrons. The van der Waals surface area contributed by atoms with Crippen LogP contribution in [-0.4, -0.2) is 70.0 Å². The molecule has 0 atom stereocenters. The van der Waals surface area contributed by atoms with Crippen LogP contribution in [0, 0.1) is 0 Å². The summed E-state index contributed by atoms with van der Waals surface area (Å²) in [7, 11) is -1.81. The van der Waals surface area contributed by atoms with Crippen LogP contribution in [0.1, 0.15) is 28.8 Å². The summed E-state index contributed by atoms with van der Waals surface area (Å²) in [6.07, 6.45) is 1.76. The number of ether oxygens (including phenoxy) is 1. The minimum absolute atomic E-state index is 0.184. The SMILES string of the molecule is CN(Cc1ccc(N2CCOCC2)cc1)C(=O)c1cccc(S(=O)(=O)N2CCCC2)c1. The molecule has 0 N–H and O–H groups in total. The molecule has 2 aliphatic heterocycles. The quantitative estimate of drug-likeness (QED) is 0.686. The van der Waals surface area contributed by atoms with E-state index in [4.69, 9.17) is 4.74 Å². The van der Waals surface area contributed by atoms with Gasteiger partial charge in [-0.05, 0) is 48.7 Å². The number of hydrogen-bond donors (Lipinski definition) is 0. The molecule has 2 saturated heterocycles. The van der Waals surface area contributed by atoms with Gasteiger partial charge in [-0.15, -0.1) is 0 Å². The first-order valence-electron chi connectivity index (χ1n) is 10.7. The predicted molar refractivity (Wildman–Crippen MR) is 120 cm³/mol. The largest absolute Gasteiger partial charge is 0.378 e. The summed E-state index contributed by atoms with van der Waals surface area (Å²) in [5.74, 6) is -0.198. The van der Waals surface area contributed by atoms with Crippen LogP contribution in [0.25, 0.3) is 0 Å². The lowest BCUT2D eigenvalue weighted by Gasteiger charge is -2.29. The van der Waals surface area contributed by atoms with E-state index in [0.717, 1.165) is 50.4 Å². The Bertz CT molecular complexity index is 1010. The zero-order valence-electron chi connectivity index (χ0n) is 17.9. The Kier molecular flexibility index (Phi) is 6.60. The lowest BCUT2D eigenvalue weighted by atomic mass is 10.1. The van der Waals surface area contributed by atoms with Gasteiger partial charge < -0.3 is 14.5 Å². The van der Waals surface area contributed by atoms with Crippen LogP contribution in [0.3, 0.4) is 0 Å². The molecular formula is C23H29N3O4S. The Hall–Kier alpha value is -2.42. The fourth-order valence-electron chi connectivity index (χ4n) is 4.07. The molecule has 2 heterocycles. The minimum atomic E-state index is -3.55. The minimum Gasteiger partial charge on any atom is -0.378 e. The van der Waals surface area contributed by atoms with Crippen molar-refractivity contribution in [1.29, 1.82) is 0 Å². The van der Waals surface area contributed by atoms with Crippen LogP contribution in [0.4, 0.5) is 5.69 Å². The summed E-state index contributed by atoms with van der Waals surface area (Å²) in [6, 6.07) is 14.6. The lowest BCUT2D eigenvalue weighted by Crippen LogP contribution is -2.36. The summed E-state index contributed by atoms with van der Waals surface area (Å²) in [5.41, 5.74) is 2.56. The Labute approximate surface area is 184 Å². The van der Waals surface area contributed by atoms with E-state index in [-0.39, 0.29) is 10.8 Å². The van der Waals surface area contributed by atoms with Gasteiger partial charge >= 0.3 is 0 Å².